The Bertz CT molecular complexity index is 757. The fraction of sp³-hybridized carbons (Fsp3) is 0.526. The van der Waals surface area contributed by atoms with Crippen LogP contribution in [0.1, 0.15) is 18.4 Å². The van der Waals surface area contributed by atoms with Crippen molar-refractivity contribution >= 4 is 11.8 Å². The Kier molecular flexibility index (Phi) is 5.35. The molecule has 1 aromatic heterocycles. The molecule has 144 valence electrons. The Labute approximate surface area is 158 Å². The highest BCUT2D eigenvalue weighted by Gasteiger charge is 2.40. The summed E-state index contributed by atoms with van der Waals surface area (Å²) in [5.74, 6) is 1.88. The van der Waals surface area contributed by atoms with Crippen molar-refractivity contribution in [3.05, 3.63) is 36.0 Å². The summed E-state index contributed by atoms with van der Waals surface area (Å²) in [6, 6.07) is 8.01. The van der Waals surface area contributed by atoms with Gasteiger partial charge in [-0.15, -0.1) is 5.10 Å². The molecule has 0 aliphatic carbocycles. The van der Waals surface area contributed by atoms with E-state index in [4.69, 9.17) is 14.2 Å². The summed E-state index contributed by atoms with van der Waals surface area (Å²) in [5.41, 5.74) is 1.15. The fourth-order valence-corrected chi connectivity index (χ4v) is 3.60. The summed E-state index contributed by atoms with van der Waals surface area (Å²) >= 11 is 0. The zero-order valence-corrected chi connectivity index (χ0v) is 15.6. The first kappa shape index (κ1) is 17.9. The van der Waals surface area contributed by atoms with Gasteiger partial charge in [-0.05, 0) is 18.1 Å². The molecule has 2 aromatic rings. The van der Waals surface area contributed by atoms with E-state index in [-0.39, 0.29) is 5.79 Å². The molecule has 0 bridgehead atoms. The van der Waals surface area contributed by atoms with Crippen molar-refractivity contribution in [2.75, 3.05) is 50.2 Å². The quantitative estimate of drug-likeness (QED) is 0.824. The Morgan fingerprint density at radius 1 is 1.19 bits per heavy atom. The van der Waals surface area contributed by atoms with Crippen LogP contribution in [-0.2, 0) is 15.9 Å². The van der Waals surface area contributed by atoms with Gasteiger partial charge in [0.25, 0.3) is 0 Å². The molecular formula is C19H25N5O3. The third-order valence-corrected chi connectivity index (χ3v) is 5.08. The van der Waals surface area contributed by atoms with Crippen molar-refractivity contribution in [2.45, 2.75) is 25.0 Å². The SMILES string of the molecule is COc1ccccc1CCNc1nncc(N2CCC3(CC2)OCCO3)n1. The molecule has 0 amide bonds. The molecule has 27 heavy (non-hydrogen) atoms. The van der Waals surface area contributed by atoms with Crippen LogP contribution in [0.15, 0.2) is 30.5 Å². The maximum absolute atomic E-state index is 5.78. The summed E-state index contributed by atoms with van der Waals surface area (Å²) in [5, 5.41) is 11.5. The first-order valence-electron chi connectivity index (χ1n) is 9.36. The summed E-state index contributed by atoms with van der Waals surface area (Å²) in [6.07, 6.45) is 4.21. The number of methoxy groups -OCH3 is 1. The number of piperidine rings is 1. The number of rotatable bonds is 6. The Morgan fingerprint density at radius 3 is 2.74 bits per heavy atom. The number of ether oxygens (including phenoxy) is 3. The molecule has 0 atom stereocenters. The van der Waals surface area contributed by atoms with Gasteiger partial charge in [0, 0.05) is 32.5 Å². The van der Waals surface area contributed by atoms with E-state index in [1.807, 2.05) is 18.2 Å². The Morgan fingerprint density at radius 2 is 1.96 bits per heavy atom. The summed E-state index contributed by atoms with van der Waals surface area (Å²) in [6.45, 7) is 3.75. The number of nitrogens with one attached hydrogen (secondary N) is 1. The van der Waals surface area contributed by atoms with E-state index in [0.717, 1.165) is 49.5 Å². The summed E-state index contributed by atoms with van der Waals surface area (Å²) < 4.78 is 17.0. The third-order valence-electron chi connectivity index (χ3n) is 5.08. The number of hydrogen-bond acceptors (Lipinski definition) is 8. The number of anilines is 2. The first-order chi connectivity index (χ1) is 13.3. The van der Waals surface area contributed by atoms with Crippen molar-refractivity contribution in [3.63, 3.8) is 0 Å². The van der Waals surface area contributed by atoms with Crippen LogP contribution in [0.5, 0.6) is 5.75 Å². The van der Waals surface area contributed by atoms with Crippen LogP contribution in [0.25, 0.3) is 0 Å². The minimum absolute atomic E-state index is 0.382. The molecule has 2 fully saturated rings. The van der Waals surface area contributed by atoms with E-state index in [1.54, 1.807) is 13.3 Å². The molecule has 8 nitrogen and oxygen atoms in total. The third kappa shape index (κ3) is 4.12. The number of aromatic nitrogens is 3. The second-order valence-electron chi connectivity index (χ2n) is 6.72. The summed E-state index contributed by atoms with van der Waals surface area (Å²) in [7, 11) is 1.69. The second-order valence-corrected chi connectivity index (χ2v) is 6.72. The largest absolute Gasteiger partial charge is 0.496 e. The van der Waals surface area contributed by atoms with Crippen molar-refractivity contribution in [1.29, 1.82) is 0 Å². The molecule has 8 heteroatoms. The van der Waals surface area contributed by atoms with Crippen molar-refractivity contribution in [1.82, 2.24) is 15.2 Å². The highest BCUT2D eigenvalue weighted by molar-refractivity contribution is 5.41. The zero-order valence-electron chi connectivity index (χ0n) is 15.6. The molecule has 1 aromatic carbocycles. The highest BCUT2D eigenvalue weighted by Crippen LogP contribution is 2.32. The van der Waals surface area contributed by atoms with Crippen LogP contribution in [0, 0.1) is 0 Å². The van der Waals surface area contributed by atoms with Gasteiger partial charge in [0.05, 0.1) is 26.5 Å². The normalized spacial score (nSPS) is 18.6. The van der Waals surface area contributed by atoms with Gasteiger partial charge in [0.15, 0.2) is 11.6 Å². The topological polar surface area (TPSA) is 81.6 Å². The number of nitrogens with zero attached hydrogens (tertiary/aromatic N) is 4. The Hall–Kier alpha value is -2.45. The van der Waals surface area contributed by atoms with E-state index in [2.05, 4.69) is 31.5 Å². The van der Waals surface area contributed by atoms with Gasteiger partial charge in [-0.2, -0.15) is 10.1 Å². The average molecular weight is 371 g/mol. The van der Waals surface area contributed by atoms with Crippen molar-refractivity contribution in [2.24, 2.45) is 0 Å². The maximum Gasteiger partial charge on any atom is 0.244 e. The zero-order chi connectivity index (χ0) is 18.5. The number of para-hydroxylation sites is 1. The molecule has 2 aliphatic heterocycles. The van der Waals surface area contributed by atoms with Gasteiger partial charge in [0.2, 0.25) is 5.95 Å². The molecule has 2 aliphatic rings. The molecule has 1 N–H and O–H groups in total. The van der Waals surface area contributed by atoms with E-state index < -0.39 is 0 Å². The lowest BCUT2D eigenvalue weighted by atomic mass is 10.0. The molecule has 2 saturated heterocycles. The minimum atomic E-state index is -0.382. The molecule has 0 saturated carbocycles. The standard InChI is InChI=1S/C19H25N5O3/c1-25-16-5-3-2-4-15(16)6-9-20-18-22-17(14-21-23-18)24-10-7-19(8-11-24)26-12-13-27-19/h2-5,14H,6-13H2,1H3,(H,20,22,23). The molecule has 3 heterocycles. The van der Waals surface area contributed by atoms with Gasteiger partial charge in [-0.1, -0.05) is 18.2 Å². The average Bonchev–Trinajstić information content (AvgIpc) is 3.17. The predicted octanol–water partition coefficient (Wildman–Crippen LogP) is 1.88. The van der Waals surface area contributed by atoms with Crippen LogP contribution in [-0.4, -0.2) is 60.9 Å². The van der Waals surface area contributed by atoms with E-state index in [1.165, 1.54) is 0 Å². The molecule has 1 spiro atoms. The lowest BCUT2D eigenvalue weighted by Crippen LogP contribution is -2.45. The van der Waals surface area contributed by atoms with Gasteiger partial charge in [-0.3, -0.25) is 0 Å². The second kappa shape index (κ2) is 8.06. The van der Waals surface area contributed by atoms with Crippen molar-refractivity contribution < 1.29 is 14.2 Å². The molecule has 0 unspecified atom stereocenters. The Balaban J connectivity index is 1.33. The van der Waals surface area contributed by atoms with E-state index in [9.17, 15) is 0 Å². The van der Waals surface area contributed by atoms with Crippen molar-refractivity contribution in [3.8, 4) is 5.75 Å². The van der Waals surface area contributed by atoms with Gasteiger partial charge in [-0.25, -0.2) is 0 Å². The van der Waals surface area contributed by atoms with E-state index in [0.29, 0.717) is 25.7 Å². The molecular weight excluding hydrogens is 346 g/mol. The fourth-order valence-electron chi connectivity index (χ4n) is 3.60. The monoisotopic (exact) mass is 371 g/mol. The van der Waals surface area contributed by atoms with Crippen LogP contribution >= 0.6 is 0 Å². The number of benzene rings is 1. The lowest BCUT2D eigenvalue weighted by molar-refractivity contribution is -0.169. The van der Waals surface area contributed by atoms with Gasteiger partial charge < -0.3 is 24.4 Å². The molecule has 0 radical (unpaired) electrons. The maximum atomic E-state index is 5.78. The van der Waals surface area contributed by atoms with Crippen LogP contribution in [0.3, 0.4) is 0 Å². The van der Waals surface area contributed by atoms with E-state index >= 15 is 0 Å². The van der Waals surface area contributed by atoms with Gasteiger partial charge >= 0.3 is 0 Å². The highest BCUT2D eigenvalue weighted by atomic mass is 16.7. The van der Waals surface area contributed by atoms with Crippen LogP contribution in [0.4, 0.5) is 11.8 Å². The minimum Gasteiger partial charge on any atom is -0.496 e. The predicted molar refractivity (Wildman–Crippen MR) is 101 cm³/mol. The first-order valence-corrected chi connectivity index (χ1v) is 9.36. The lowest BCUT2D eigenvalue weighted by Gasteiger charge is -2.37. The van der Waals surface area contributed by atoms with Crippen LogP contribution < -0.4 is 15.0 Å². The van der Waals surface area contributed by atoms with Crippen LogP contribution in [0.2, 0.25) is 0 Å². The number of hydrogen-bond donors (Lipinski definition) is 1. The molecule has 4 rings (SSSR count). The smallest absolute Gasteiger partial charge is 0.244 e. The summed E-state index contributed by atoms with van der Waals surface area (Å²) in [4.78, 5) is 6.82. The van der Waals surface area contributed by atoms with Gasteiger partial charge in [0.1, 0.15) is 5.75 Å².